The number of carbonyl (C=O) groups excluding carboxylic acids is 1. The van der Waals surface area contributed by atoms with Crippen LogP contribution in [0.4, 0.5) is 0 Å². The van der Waals surface area contributed by atoms with Crippen molar-refractivity contribution in [1.29, 1.82) is 0 Å². The van der Waals surface area contributed by atoms with Crippen molar-refractivity contribution in [3.8, 4) is 5.75 Å². The second kappa shape index (κ2) is 11.7. The van der Waals surface area contributed by atoms with Gasteiger partial charge in [0.05, 0.1) is 18.0 Å². The van der Waals surface area contributed by atoms with Gasteiger partial charge in [0.15, 0.2) is 0 Å². The van der Waals surface area contributed by atoms with E-state index >= 15 is 0 Å². The summed E-state index contributed by atoms with van der Waals surface area (Å²) in [6, 6.07) is 13.0. The second-order valence-electron chi connectivity index (χ2n) is 7.37. The molecule has 0 bridgehead atoms. The molecule has 164 valence electrons. The van der Waals surface area contributed by atoms with Gasteiger partial charge >= 0.3 is 0 Å². The molecule has 0 saturated carbocycles. The van der Waals surface area contributed by atoms with E-state index in [0.29, 0.717) is 17.9 Å². The average molecular weight is 433 g/mol. The molecule has 0 saturated heterocycles. The van der Waals surface area contributed by atoms with Crippen LogP contribution >= 0.6 is 0 Å². The molecule has 0 fully saturated rings. The highest BCUT2D eigenvalue weighted by atomic mass is 32.2. The predicted molar refractivity (Wildman–Crippen MR) is 119 cm³/mol. The molecule has 7 heteroatoms. The molecule has 1 atom stereocenters. The maximum atomic E-state index is 12.9. The van der Waals surface area contributed by atoms with E-state index in [2.05, 4.69) is 17.0 Å². The molecule has 0 aliphatic carbocycles. The molecule has 0 radical (unpaired) electrons. The minimum absolute atomic E-state index is 0.0190. The summed E-state index contributed by atoms with van der Waals surface area (Å²) in [5.41, 5.74) is 1.68. The Bertz CT molecular complexity index is 894. The quantitative estimate of drug-likeness (QED) is 0.494. The van der Waals surface area contributed by atoms with Crippen LogP contribution in [0.5, 0.6) is 5.75 Å². The number of unbranched alkanes of at least 4 members (excludes halogenated alkanes) is 3. The highest BCUT2D eigenvalue weighted by Crippen LogP contribution is 2.23. The van der Waals surface area contributed by atoms with Crippen LogP contribution in [0.1, 0.15) is 56.2 Å². The Morgan fingerprint density at radius 3 is 2.27 bits per heavy atom. The van der Waals surface area contributed by atoms with Gasteiger partial charge in [0.25, 0.3) is 0 Å². The molecule has 6 nitrogen and oxygen atoms in total. The molecule has 0 aliphatic rings. The monoisotopic (exact) mass is 432 g/mol. The zero-order valence-corrected chi connectivity index (χ0v) is 18.8. The fourth-order valence-corrected chi connectivity index (χ4v) is 4.30. The van der Waals surface area contributed by atoms with Crippen molar-refractivity contribution >= 4 is 15.9 Å². The standard InChI is InChI=1S/C23H32N2O4S/c1-4-5-6-7-16-24-23(26)17-22(19-10-12-20(29-3)13-11-19)25-30(27,28)21-14-8-18(2)9-15-21/h8-15,22,25H,4-7,16-17H2,1-3H3,(H,24,26). The Kier molecular flexibility index (Phi) is 9.33. The summed E-state index contributed by atoms with van der Waals surface area (Å²) >= 11 is 0. The maximum absolute atomic E-state index is 12.9. The molecular formula is C23H32N2O4S. The number of nitrogens with one attached hydrogen (secondary N) is 2. The van der Waals surface area contributed by atoms with Gasteiger partial charge < -0.3 is 10.1 Å². The first-order valence-corrected chi connectivity index (χ1v) is 11.8. The van der Waals surface area contributed by atoms with Gasteiger partial charge in [-0.25, -0.2) is 13.1 Å². The van der Waals surface area contributed by atoms with E-state index in [1.807, 2.05) is 6.92 Å². The van der Waals surface area contributed by atoms with Gasteiger partial charge in [0.2, 0.25) is 15.9 Å². The van der Waals surface area contributed by atoms with Gasteiger partial charge in [0, 0.05) is 13.0 Å². The third-order valence-electron chi connectivity index (χ3n) is 4.89. The highest BCUT2D eigenvalue weighted by molar-refractivity contribution is 7.89. The van der Waals surface area contributed by atoms with E-state index in [0.717, 1.165) is 31.2 Å². The molecular weight excluding hydrogens is 400 g/mol. The van der Waals surface area contributed by atoms with Gasteiger partial charge in [-0.1, -0.05) is 56.0 Å². The van der Waals surface area contributed by atoms with Crippen LogP contribution in [0, 0.1) is 6.92 Å². The molecule has 1 unspecified atom stereocenters. The van der Waals surface area contributed by atoms with E-state index < -0.39 is 16.1 Å². The van der Waals surface area contributed by atoms with Crippen LogP contribution in [0.25, 0.3) is 0 Å². The third kappa shape index (κ3) is 7.46. The lowest BCUT2D eigenvalue weighted by molar-refractivity contribution is -0.121. The van der Waals surface area contributed by atoms with Crippen LogP contribution in [0.15, 0.2) is 53.4 Å². The number of hydrogen-bond acceptors (Lipinski definition) is 4. The van der Waals surface area contributed by atoms with Crippen molar-refractivity contribution in [2.24, 2.45) is 0 Å². The lowest BCUT2D eigenvalue weighted by Gasteiger charge is -2.19. The van der Waals surface area contributed by atoms with E-state index in [4.69, 9.17) is 4.74 Å². The van der Waals surface area contributed by atoms with E-state index in [9.17, 15) is 13.2 Å². The molecule has 30 heavy (non-hydrogen) atoms. The molecule has 2 rings (SSSR count). The van der Waals surface area contributed by atoms with Gasteiger partial charge in [-0.15, -0.1) is 0 Å². The van der Waals surface area contributed by atoms with Crippen molar-refractivity contribution in [3.63, 3.8) is 0 Å². The highest BCUT2D eigenvalue weighted by Gasteiger charge is 2.24. The predicted octanol–water partition coefficient (Wildman–Crippen LogP) is 4.11. The van der Waals surface area contributed by atoms with Crippen molar-refractivity contribution < 1.29 is 17.9 Å². The fraction of sp³-hybridized carbons (Fsp3) is 0.435. The molecule has 2 aromatic rings. The van der Waals surface area contributed by atoms with Gasteiger partial charge in [-0.05, 0) is 43.2 Å². The van der Waals surface area contributed by atoms with Gasteiger partial charge in [-0.2, -0.15) is 0 Å². The molecule has 1 amide bonds. The maximum Gasteiger partial charge on any atom is 0.241 e. The summed E-state index contributed by atoms with van der Waals surface area (Å²) in [6.07, 6.45) is 4.28. The summed E-state index contributed by atoms with van der Waals surface area (Å²) < 4.78 is 33.7. The van der Waals surface area contributed by atoms with Crippen LogP contribution in [-0.2, 0) is 14.8 Å². The number of rotatable bonds is 12. The third-order valence-corrected chi connectivity index (χ3v) is 6.38. The summed E-state index contributed by atoms with van der Waals surface area (Å²) in [5.74, 6) is 0.484. The first-order chi connectivity index (χ1) is 14.4. The minimum atomic E-state index is -3.78. The van der Waals surface area contributed by atoms with Crippen LogP contribution in [0.2, 0.25) is 0 Å². The molecule has 2 N–H and O–H groups in total. The number of methoxy groups -OCH3 is 1. The smallest absolute Gasteiger partial charge is 0.241 e. The number of ether oxygens (including phenoxy) is 1. The van der Waals surface area contributed by atoms with E-state index in [1.54, 1.807) is 55.6 Å². The molecule has 0 spiro atoms. The van der Waals surface area contributed by atoms with Crippen LogP contribution in [0.3, 0.4) is 0 Å². The Morgan fingerprint density at radius 1 is 1.00 bits per heavy atom. The van der Waals surface area contributed by atoms with Crippen molar-refractivity contribution in [1.82, 2.24) is 10.0 Å². The lowest BCUT2D eigenvalue weighted by Crippen LogP contribution is -2.34. The summed E-state index contributed by atoms with van der Waals surface area (Å²) in [4.78, 5) is 12.7. The number of carbonyl (C=O) groups is 1. The topological polar surface area (TPSA) is 84.5 Å². The van der Waals surface area contributed by atoms with Crippen molar-refractivity contribution in [3.05, 3.63) is 59.7 Å². The fourth-order valence-electron chi connectivity index (χ4n) is 3.07. The summed E-state index contributed by atoms with van der Waals surface area (Å²) in [5, 5.41) is 2.90. The Morgan fingerprint density at radius 2 is 1.67 bits per heavy atom. The average Bonchev–Trinajstić information content (AvgIpc) is 2.73. The first-order valence-electron chi connectivity index (χ1n) is 10.4. The Labute approximate surface area is 180 Å². The molecule has 0 heterocycles. The van der Waals surface area contributed by atoms with Gasteiger partial charge in [-0.3, -0.25) is 4.79 Å². The van der Waals surface area contributed by atoms with Gasteiger partial charge in [0.1, 0.15) is 5.75 Å². The van der Waals surface area contributed by atoms with E-state index in [1.165, 1.54) is 0 Å². The number of sulfonamides is 1. The zero-order valence-electron chi connectivity index (χ0n) is 18.0. The number of aryl methyl sites for hydroxylation is 1. The molecule has 0 aromatic heterocycles. The zero-order chi connectivity index (χ0) is 22.0. The lowest BCUT2D eigenvalue weighted by atomic mass is 10.0. The summed E-state index contributed by atoms with van der Waals surface area (Å²) in [7, 11) is -2.21. The Balaban J connectivity index is 2.14. The minimum Gasteiger partial charge on any atom is -0.497 e. The van der Waals surface area contributed by atoms with Crippen molar-refractivity contribution in [2.75, 3.05) is 13.7 Å². The Hall–Kier alpha value is -2.38. The molecule has 0 aliphatic heterocycles. The van der Waals surface area contributed by atoms with Crippen LogP contribution < -0.4 is 14.8 Å². The second-order valence-corrected chi connectivity index (χ2v) is 9.09. The number of benzene rings is 2. The van der Waals surface area contributed by atoms with E-state index in [-0.39, 0.29) is 17.2 Å². The normalized spacial score (nSPS) is 12.4. The van der Waals surface area contributed by atoms with Crippen LogP contribution in [-0.4, -0.2) is 28.0 Å². The SMILES string of the molecule is CCCCCCNC(=O)CC(NS(=O)(=O)c1ccc(C)cc1)c1ccc(OC)cc1. The first kappa shape index (κ1) is 23.9. The number of hydrogen-bond donors (Lipinski definition) is 2. The number of amides is 1. The van der Waals surface area contributed by atoms with Crippen molar-refractivity contribution in [2.45, 2.75) is 56.9 Å². The molecule has 2 aromatic carbocycles. The summed E-state index contributed by atoms with van der Waals surface area (Å²) in [6.45, 7) is 4.63. The largest absolute Gasteiger partial charge is 0.497 e.